The van der Waals surface area contributed by atoms with Crippen molar-refractivity contribution >= 4 is 28.1 Å². The number of aryl methyl sites for hydroxylation is 2. The lowest BCUT2D eigenvalue weighted by Gasteiger charge is -2.06. The second-order valence-corrected chi connectivity index (χ2v) is 6.86. The number of aromatic nitrogens is 1. The van der Waals surface area contributed by atoms with E-state index in [1.807, 2.05) is 32.0 Å². The molecule has 0 spiro atoms. The maximum atomic E-state index is 12.3. The standard InChI is InChI=1S/C19H17N3O3S/c1-12-6-7-14(13(2)8-12)10-18(23)21-19-20-17(11-26-19)15-4-3-5-16(9-15)22(24)25/h3-9,11H,10H2,1-2H3,(H,20,21,23). The molecule has 0 aliphatic carbocycles. The summed E-state index contributed by atoms with van der Waals surface area (Å²) in [5, 5.41) is 15.9. The fraction of sp³-hybridized carbons (Fsp3) is 0.158. The third kappa shape index (κ3) is 4.12. The van der Waals surface area contributed by atoms with Crippen molar-refractivity contribution in [2.45, 2.75) is 20.3 Å². The maximum absolute atomic E-state index is 12.3. The molecule has 0 unspecified atom stereocenters. The van der Waals surface area contributed by atoms with E-state index in [2.05, 4.69) is 10.3 Å². The average Bonchev–Trinajstić information content (AvgIpc) is 3.06. The topological polar surface area (TPSA) is 85.1 Å². The Labute approximate surface area is 154 Å². The van der Waals surface area contributed by atoms with Gasteiger partial charge in [0.15, 0.2) is 5.13 Å². The monoisotopic (exact) mass is 367 g/mol. The molecule has 7 heteroatoms. The number of nitro groups is 1. The Morgan fingerprint density at radius 1 is 1.23 bits per heavy atom. The minimum absolute atomic E-state index is 0.0101. The third-order valence-electron chi connectivity index (χ3n) is 3.95. The first-order valence-electron chi connectivity index (χ1n) is 7.99. The van der Waals surface area contributed by atoms with Gasteiger partial charge in [-0.15, -0.1) is 11.3 Å². The van der Waals surface area contributed by atoms with Crippen LogP contribution < -0.4 is 5.32 Å². The van der Waals surface area contributed by atoms with Gasteiger partial charge in [-0.05, 0) is 25.0 Å². The smallest absolute Gasteiger partial charge is 0.270 e. The first-order valence-corrected chi connectivity index (χ1v) is 8.86. The molecule has 0 fully saturated rings. The highest BCUT2D eigenvalue weighted by molar-refractivity contribution is 7.14. The molecule has 0 radical (unpaired) electrons. The molecule has 6 nitrogen and oxygen atoms in total. The van der Waals surface area contributed by atoms with E-state index >= 15 is 0 Å². The summed E-state index contributed by atoms with van der Waals surface area (Å²) in [6, 6.07) is 12.3. The molecule has 0 bridgehead atoms. The van der Waals surface area contributed by atoms with E-state index in [-0.39, 0.29) is 18.0 Å². The van der Waals surface area contributed by atoms with Crippen molar-refractivity contribution in [3.8, 4) is 11.3 Å². The number of nitrogens with zero attached hydrogens (tertiary/aromatic N) is 2. The summed E-state index contributed by atoms with van der Waals surface area (Å²) in [7, 11) is 0. The van der Waals surface area contributed by atoms with Crippen LogP contribution in [0, 0.1) is 24.0 Å². The van der Waals surface area contributed by atoms with Crippen molar-refractivity contribution in [2.24, 2.45) is 0 Å². The molecule has 0 saturated heterocycles. The number of non-ortho nitro benzene ring substituents is 1. The maximum Gasteiger partial charge on any atom is 0.270 e. The van der Waals surface area contributed by atoms with Crippen LogP contribution in [0.5, 0.6) is 0 Å². The van der Waals surface area contributed by atoms with Crippen molar-refractivity contribution in [3.63, 3.8) is 0 Å². The summed E-state index contributed by atoms with van der Waals surface area (Å²) in [6.45, 7) is 4.00. The molecule has 1 heterocycles. The molecule has 1 amide bonds. The largest absolute Gasteiger partial charge is 0.302 e. The van der Waals surface area contributed by atoms with Gasteiger partial charge in [-0.2, -0.15) is 0 Å². The lowest BCUT2D eigenvalue weighted by Crippen LogP contribution is -2.14. The van der Waals surface area contributed by atoms with Crippen LogP contribution in [0.1, 0.15) is 16.7 Å². The van der Waals surface area contributed by atoms with Gasteiger partial charge in [-0.1, -0.05) is 35.9 Å². The molecule has 3 rings (SSSR count). The van der Waals surface area contributed by atoms with Crippen LogP contribution in [0.4, 0.5) is 10.8 Å². The van der Waals surface area contributed by atoms with Crippen molar-refractivity contribution in [2.75, 3.05) is 5.32 Å². The number of rotatable bonds is 5. The quantitative estimate of drug-likeness (QED) is 0.531. The number of amides is 1. The van der Waals surface area contributed by atoms with Crippen molar-refractivity contribution < 1.29 is 9.72 Å². The van der Waals surface area contributed by atoms with E-state index in [0.717, 1.165) is 16.7 Å². The highest BCUT2D eigenvalue weighted by atomic mass is 32.1. The second kappa shape index (κ2) is 7.45. The number of nitro benzene ring substituents is 1. The number of carbonyl (C=O) groups is 1. The molecule has 0 atom stereocenters. The normalized spacial score (nSPS) is 10.5. The summed E-state index contributed by atoms with van der Waals surface area (Å²) in [5.41, 5.74) is 4.47. The first-order chi connectivity index (χ1) is 12.4. The molecule has 132 valence electrons. The van der Waals surface area contributed by atoms with E-state index < -0.39 is 4.92 Å². The lowest BCUT2D eigenvalue weighted by molar-refractivity contribution is -0.384. The number of benzene rings is 2. The predicted octanol–water partition coefficient (Wildman–Crippen LogP) is 4.52. The summed E-state index contributed by atoms with van der Waals surface area (Å²) >= 11 is 1.29. The Hall–Kier alpha value is -3.06. The van der Waals surface area contributed by atoms with Crippen molar-refractivity contribution in [3.05, 3.63) is 74.6 Å². The number of nitrogens with one attached hydrogen (secondary N) is 1. The molecular formula is C19H17N3O3S. The van der Waals surface area contributed by atoms with Crippen molar-refractivity contribution in [1.82, 2.24) is 4.98 Å². The van der Waals surface area contributed by atoms with Gasteiger partial charge in [0.2, 0.25) is 5.91 Å². The van der Waals surface area contributed by atoms with Gasteiger partial charge in [-0.3, -0.25) is 14.9 Å². The summed E-state index contributed by atoms with van der Waals surface area (Å²) in [5.74, 6) is -0.142. The summed E-state index contributed by atoms with van der Waals surface area (Å²) < 4.78 is 0. The van der Waals surface area contributed by atoms with E-state index in [9.17, 15) is 14.9 Å². The molecule has 0 saturated carbocycles. The Morgan fingerprint density at radius 3 is 2.77 bits per heavy atom. The molecule has 1 N–H and O–H groups in total. The van der Waals surface area contributed by atoms with Crippen molar-refractivity contribution in [1.29, 1.82) is 0 Å². The number of anilines is 1. The van der Waals surface area contributed by atoms with Crippen LogP contribution >= 0.6 is 11.3 Å². The first kappa shape index (κ1) is 17.8. The zero-order chi connectivity index (χ0) is 18.7. The lowest BCUT2D eigenvalue weighted by atomic mass is 10.0. The van der Waals surface area contributed by atoms with Gasteiger partial charge < -0.3 is 5.32 Å². The van der Waals surface area contributed by atoms with Gasteiger partial charge in [0, 0.05) is 23.1 Å². The summed E-state index contributed by atoms with van der Waals surface area (Å²) in [6.07, 6.45) is 0.276. The van der Waals surface area contributed by atoms with E-state index in [1.165, 1.54) is 23.5 Å². The number of carbonyl (C=O) groups excluding carboxylic acids is 1. The van der Waals surface area contributed by atoms with Crippen LogP contribution in [0.3, 0.4) is 0 Å². The molecule has 0 aliphatic heterocycles. The third-order valence-corrected chi connectivity index (χ3v) is 4.71. The van der Waals surface area contributed by atoms with Crippen LogP contribution in [0.15, 0.2) is 47.8 Å². The molecule has 1 aromatic heterocycles. The van der Waals surface area contributed by atoms with Crippen LogP contribution in [0.25, 0.3) is 11.3 Å². The molecular weight excluding hydrogens is 350 g/mol. The number of hydrogen-bond donors (Lipinski definition) is 1. The second-order valence-electron chi connectivity index (χ2n) is 6.00. The average molecular weight is 367 g/mol. The molecule has 26 heavy (non-hydrogen) atoms. The van der Waals surface area contributed by atoms with E-state index in [4.69, 9.17) is 0 Å². The minimum Gasteiger partial charge on any atom is -0.302 e. The zero-order valence-electron chi connectivity index (χ0n) is 14.4. The Bertz CT molecular complexity index is 982. The van der Waals surface area contributed by atoms with Gasteiger partial charge in [0.25, 0.3) is 5.69 Å². The Balaban J connectivity index is 1.71. The predicted molar refractivity (Wildman–Crippen MR) is 102 cm³/mol. The SMILES string of the molecule is Cc1ccc(CC(=O)Nc2nc(-c3cccc([N+](=O)[O-])c3)cs2)c(C)c1. The number of hydrogen-bond acceptors (Lipinski definition) is 5. The van der Waals surface area contributed by atoms with Gasteiger partial charge in [0.1, 0.15) is 0 Å². The van der Waals surface area contributed by atoms with Crippen LogP contribution in [0.2, 0.25) is 0 Å². The van der Waals surface area contributed by atoms with Gasteiger partial charge in [-0.25, -0.2) is 4.98 Å². The van der Waals surface area contributed by atoms with Gasteiger partial charge in [0.05, 0.1) is 17.0 Å². The highest BCUT2D eigenvalue weighted by Crippen LogP contribution is 2.27. The van der Waals surface area contributed by atoms with Gasteiger partial charge >= 0.3 is 0 Å². The zero-order valence-corrected chi connectivity index (χ0v) is 15.2. The van der Waals surface area contributed by atoms with Crippen LogP contribution in [-0.4, -0.2) is 15.8 Å². The van der Waals surface area contributed by atoms with E-state index in [0.29, 0.717) is 16.4 Å². The highest BCUT2D eigenvalue weighted by Gasteiger charge is 2.12. The molecule has 2 aromatic carbocycles. The minimum atomic E-state index is -0.442. The fourth-order valence-electron chi connectivity index (χ4n) is 2.62. The number of thiazole rings is 1. The van der Waals surface area contributed by atoms with Crippen LogP contribution in [-0.2, 0) is 11.2 Å². The Morgan fingerprint density at radius 2 is 2.04 bits per heavy atom. The summed E-state index contributed by atoms with van der Waals surface area (Å²) in [4.78, 5) is 27.1. The molecule has 0 aliphatic rings. The molecule has 3 aromatic rings. The fourth-order valence-corrected chi connectivity index (χ4v) is 3.36. The van der Waals surface area contributed by atoms with E-state index in [1.54, 1.807) is 17.5 Å². The Kier molecular flexibility index (Phi) is 5.09.